The summed E-state index contributed by atoms with van der Waals surface area (Å²) in [5.41, 5.74) is 1.48. The molecular weight excluding hydrogens is 363 g/mol. The second-order valence-corrected chi connectivity index (χ2v) is 7.27. The van der Waals surface area contributed by atoms with Crippen LogP contribution in [-0.4, -0.2) is 28.5 Å². The van der Waals surface area contributed by atoms with Gasteiger partial charge in [-0.25, -0.2) is 14.4 Å². The average molecular weight is 384 g/mol. The Labute approximate surface area is 161 Å². The number of ether oxygens (including phenoxy) is 1. The molecular formula is C20H21FN4O3. The number of nitrogens with one attached hydrogen (secondary N) is 2. The Hall–Kier alpha value is -3.16. The highest BCUT2D eigenvalue weighted by Gasteiger charge is 2.38. The van der Waals surface area contributed by atoms with E-state index in [-0.39, 0.29) is 23.7 Å². The van der Waals surface area contributed by atoms with Crippen LogP contribution in [0.25, 0.3) is 11.1 Å². The van der Waals surface area contributed by atoms with Crippen molar-refractivity contribution in [2.24, 2.45) is 0 Å². The van der Waals surface area contributed by atoms with E-state index in [1.165, 1.54) is 19.5 Å². The lowest BCUT2D eigenvalue weighted by molar-refractivity contribution is 0.0950. The van der Waals surface area contributed by atoms with Crippen molar-refractivity contribution < 1.29 is 18.3 Å². The molecule has 1 aromatic carbocycles. The minimum Gasteiger partial charge on any atom is -0.494 e. The van der Waals surface area contributed by atoms with Crippen molar-refractivity contribution in [3.05, 3.63) is 47.2 Å². The molecule has 0 radical (unpaired) electrons. The fourth-order valence-corrected chi connectivity index (χ4v) is 3.10. The highest BCUT2D eigenvalue weighted by Crippen LogP contribution is 2.40. The molecule has 4 rings (SSSR count). The van der Waals surface area contributed by atoms with Gasteiger partial charge in [-0.2, -0.15) is 0 Å². The smallest absolute Gasteiger partial charge is 0.255 e. The van der Waals surface area contributed by atoms with Crippen molar-refractivity contribution in [3.8, 4) is 5.75 Å². The quantitative estimate of drug-likeness (QED) is 0.675. The van der Waals surface area contributed by atoms with Gasteiger partial charge in [0.15, 0.2) is 11.6 Å². The molecule has 28 heavy (non-hydrogen) atoms. The van der Waals surface area contributed by atoms with Gasteiger partial charge in [0.1, 0.15) is 17.9 Å². The van der Waals surface area contributed by atoms with Crippen LogP contribution in [0.3, 0.4) is 0 Å². The summed E-state index contributed by atoms with van der Waals surface area (Å²) in [6, 6.07) is 4.47. The number of halogens is 1. The summed E-state index contributed by atoms with van der Waals surface area (Å²) in [6.07, 6.45) is 3.51. The second kappa shape index (κ2) is 6.78. The summed E-state index contributed by atoms with van der Waals surface area (Å²) in [5, 5.41) is 6.81. The number of hydrogen-bond acceptors (Lipinski definition) is 6. The molecule has 0 unspecified atom stereocenters. The molecule has 1 saturated carbocycles. The van der Waals surface area contributed by atoms with E-state index in [9.17, 15) is 9.18 Å². The van der Waals surface area contributed by atoms with E-state index in [0.717, 1.165) is 18.4 Å². The van der Waals surface area contributed by atoms with Crippen LogP contribution in [0, 0.1) is 12.7 Å². The third kappa shape index (κ3) is 3.37. The SMILES string of the molecule is COc1cc(CNC(=O)c2c(C)oc3ncnc(NC4(C)CC4)c23)ccc1F. The van der Waals surface area contributed by atoms with Gasteiger partial charge >= 0.3 is 0 Å². The third-order valence-corrected chi connectivity index (χ3v) is 4.98. The lowest BCUT2D eigenvalue weighted by atomic mass is 10.1. The standard InChI is InChI=1S/C20H21FN4O3/c1-11-15(18(26)22-9-12-4-5-13(21)14(8-12)27-3)16-17(25-20(2)6-7-20)23-10-24-19(16)28-11/h4-5,8,10H,6-7,9H2,1-3H3,(H,22,26)(H,23,24,25). The van der Waals surface area contributed by atoms with E-state index in [1.807, 2.05) is 0 Å². The Balaban J connectivity index is 1.61. The predicted molar refractivity (Wildman–Crippen MR) is 102 cm³/mol. The molecule has 7 nitrogen and oxygen atoms in total. The van der Waals surface area contributed by atoms with Crippen molar-refractivity contribution in [2.75, 3.05) is 12.4 Å². The molecule has 1 aliphatic carbocycles. The highest BCUT2D eigenvalue weighted by atomic mass is 19.1. The Bertz CT molecular complexity index is 1060. The van der Waals surface area contributed by atoms with Crippen LogP contribution >= 0.6 is 0 Å². The Morgan fingerprint density at radius 2 is 2.14 bits per heavy atom. The molecule has 1 aliphatic rings. The maximum Gasteiger partial charge on any atom is 0.255 e. The molecule has 0 bridgehead atoms. The summed E-state index contributed by atoms with van der Waals surface area (Å²) in [4.78, 5) is 21.4. The zero-order chi connectivity index (χ0) is 19.9. The van der Waals surface area contributed by atoms with E-state index >= 15 is 0 Å². The van der Waals surface area contributed by atoms with Gasteiger partial charge in [-0.3, -0.25) is 4.79 Å². The molecule has 0 saturated heterocycles. The molecule has 2 heterocycles. The molecule has 0 aliphatic heterocycles. The number of fused-ring (bicyclic) bond motifs is 1. The van der Waals surface area contributed by atoms with Crippen LogP contribution < -0.4 is 15.4 Å². The predicted octanol–water partition coefficient (Wildman–Crippen LogP) is 3.57. The summed E-state index contributed by atoms with van der Waals surface area (Å²) < 4.78 is 24.2. The Kier molecular flexibility index (Phi) is 4.41. The molecule has 3 aromatic rings. The largest absolute Gasteiger partial charge is 0.494 e. The third-order valence-electron chi connectivity index (χ3n) is 4.98. The maximum atomic E-state index is 13.6. The second-order valence-electron chi connectivity index (χ2n) is 7.27. The monoisotopic (exact) mass is 384 g/mol. The van der Waals surface area contributed by atoms with Gasteiger partial charge in [-0.05, 0) is 44.4 Å². The van der Waals surface area contributed by atoms with E-state index < -0.39 is 5.82 Å². The molecule has 146 valence electrons. The molecule has 1 amide bonds. The van der Waals surface area contributed by atoms with Crippen LogP contribution in [0.15, 0.2) is 28.9 Å². The first-order valence-corrected chi connectivity index (χ1v) is 9.03. The number of benzene rings is 1. The van der Waals surface area contributed by atoms with Crippen molar-refractivity contribution in [3.63, 3.8) is 0 Å². The number of hydrogen-bond donors (Lipinski definition) is 2. The number of furan rings is 1. The minimum absolute atomic E-state index is 0.00906. The van der Waals surface area contributed by atoms with Gasteiger partial charge < -0.3 is 19.8 Å². The molecule has 8 heteroatoms. The van der Waals surface area contributed by atoms with Crippen LogP contribution in [0.1, 0.15) is 41.4 Å². The number of anilines is 1. The molecule has 0 spiro atoms. The van der Waals surface area contributed by atoms with Gasteiger partial charge in [0.2, 0.25) is 5.71 Å². The number of aryl methyl sites for hydroxylation is 1. The van der Waals surface area contributed by atoms with Crippen molar-refractivity contribution in [2.45, 2.75) is 38.8 Å². The molecule has 2 N–H and O–H groups in total. The first-order chi connectivity index (χ1) is 13.4. The van der Waals surface area contributed by atoms with Gasteiger partial charge in [0.05, 0.1) is 18.1 Å². The lowest BCUT2D eigenvalue weighted by Crippen LogP contribution is -2.24. The number of carbonyl (C=O) groups excluding carboxylic acids is 1. The van der Waals surface area contributed by atoms with Crippen LogP contribution in [0.2, 0.25) is 0 Å². The van der Waals surface area contributed by atoms with Crippen LogP contribution in [-0.2, 0) is 6.54 Å². The number of methoxy groups -OCH3 is 1. The van der Waals surface area contributed by atoms with Gasteiger partial charge in [-0.15, -0.1) is 0 Å². The van der Waals surface area contributed by atoms with Gasteiger partial charge in [-0.1, -0.05) is 6.07 Å². The number of rotatable bonds is 6. The summed E-state index contributed by atoms with van der Waals surface area (Å²) in [6.45, 7) is 4.05. The molecule has 1 fully saturated rings. The Morgan fingerprint density at radius 3 is 2.86 bits per heavy atom. The summed E-state index contributed by atoms with van der Waals surface area (Å²) >= 11 is 0. The first kappa shape index (κ1) is 18.2. The normalized spacial score (nSPS) is 14.7. The maximum absolute atomic E-state index is 13.6. The Morgan fingerprint density at radius 1 is 1.36 bits per heavy atom. The number of aromatic nitrogens is 2. The zero-order valence-electron chi connectivity index (χ0n) is 15.9. The van der Waals surface area contributed by atoms with Crippen LogP contribution in [0.5, 0.6) is 5.75 Å². The fraction of sp³-hybridized carbons (Fsp3) is 0.350. The van der Waals surface area contributed by atoms with Crippen LogP contribution in [0.4, 0.5) is 10.2 Å². The molecule has 0 atom stereocenters. The minimum atomic E-state index is -0.448. The topological polar surface area (TPSA) is 89.3 Å². The average Bonchev–Trinajstić information content (AvgIpc) is 3.29. The summed E-state index contributed by atoms with van der Waals surface area (Å²) in [5.74, 6) is 0.437. The van der Waals surface area contributed by atoms with Crippen molar-refractivity contribution >= 4 is 22.8 Å². The zero-order valence-corrected chi connectivity index (χ0v) is 15.9. The number of nitrogens with zero attached hydrogens (tertiary/aromatic N) is 2. The summed E-state index contributed by atoms with van der Waals surface area (Å²) in [7, 11) is 1.40. The fourth-order valence-electron chi connectivity index (χ4n) is 3.10. The van der Waals surface area contributed by atoms with Crippen molar-refractivity contribution in [1.29, 1.82) is 0 Å². The number of amides is 1. The first-order valence-electron chi connectivity index (χ1n) is 9.03. The van der Waals surface area contributed by atoms with E-state index in [0.29, 0.717) is 28.2 Å². The lowest BCUT2D eigenvalue weighted by Gasteiger charge is -2.13. The van der Waals surface area contributed by atoms with E-state index in [1.54, 1.807) is 19.1 Å². The molecule has 2 aromatic heterocycles. The number of carbonyl (C=O) groups is 1. The van der Waals surface area contributed by atoms with E-state index in [4.69, 9.17) is 9.15 Å². The highest BCUT2D eigenvalue weighted by molar-refractivity contribution is 6.10. The van der Waals surface area contributed by atoms with Gasteiger partial charge in [0, 0.05) is 12.1 Å². The van der Waals surface area contributed by atoms with E-state index in [2.05, 4.69) is 27.5 Å². The van der Waals surface area contributed by atoms with Crippen molar-refractivity contribution in [1.82, 2.24) is 15.3 Å². The van der Waals surface area contributed by atoms with Gasteiger partial charge in [0.25, 0.3) is 5.91 Å².